The molecular weight excluding hydrogens is 395 g/mol. The van der Waals surface area contributed by atoms with Gasteiger partial charge in [-0.2, -0.15) is 4.37 Å². The molecule has 0 atom stereocenters. The number of amides is 1. The number of nitrogens with one attached hydrogen (secondary N) is 1. The van der Waals surface area contributed by atoms with E-state index in [1.54, 1.807) is 0 Å². The summed E-state index contributed by atoms with van der Waals surface area (Å²) in [6, 6.07) is 9.19. The summed E-state index contributed by atoms with van der Waals surface area (Å²) in [6.45, 7) is 0.114. The molecule has 0 saturated heterocycles. The second kappa shape index (κ2) is 6.66. The standard InChI is InChI=1S/C12H9IN2O4S/c13-10-8(9(11(16)17)15-20-10)14-12(18)19-6-7-4-2-1-3-5-7/h1-5H,6H2,(H,14,18)(H,16,17). The van der Waals surface area contributed by atoms with E-state index in [1.807, 2.05) is 52.9 Å². The molecule has 2 N–H and O–H groups in total. The fourth-order valence-electron chi connectivity index (χ4n) is 1.39. The fraction of sp³-hybridized carbons (Fsp3) is 0.0833. The molecular formula is C12H9IN2O4S. The number of carbonyl (C=O) groups excluding carboxylic acids is 1. The van der Waals surface area contributed by atoms with Gasteiger partial charge in [-0.3, -0.25) is 5.32 Å². The second-order valence-electron chi connectivity index (χ2n) is 3.67. The molecule has 104 valence electrons. The molecule has 0 fully saturated rings. The van der Waals surface area contributed by atoms with Crippen LogP contribution in [0.3, 0.4) is 0 Å². The first kappa shape index (κ1) is 14.7. The van der Waals surface area contributed by atoms with Gasteiger partial charge in [-0.1, -0.05) is 30.3 Å². The molecule has 0 radical (unpaired) electrons. The number of ether oxygens (including phenoxy) is 1. The topological polar surface area (TPSA) is 88.5 Å². The van der Waals surface area contributed by atoms with E-state index in [9.17, 15) is 9.59 Å². The number of hydrogen-bond donors (Lipinski definition) is 2. The molecule has 0 aliphatic rings. The quantitative estimate of drug-likeness (QED) is 0.765. The first-order valence-corrected chi connectivity index (χ1v) is 7.29. The number of carbonyl (C=O) groups is 2. The number of carboxylic acid groups (broad SMARTS) is 1. The van der Waals surface area contributed by atoms with E-state index in [0.717, 1.165) is 17.1 Å². The molecule has 0 saturated carbocycles. The summed E-state index contributed by atoms with van der Waals surface area (Å²) in [5.74, 6) is -1.19. The Labute approximate surface area is 132 Å². The van der Waals surface area contributed by atoms with Crippen LogP contribution in [0, 0.1) is 2.88 Å². The van der Waals surface area contributed by atoms with Gasteiger partial charge in [0.25, 0.3) is 0 Å². The maximum Gasteiger partial charge on any atom is 0.412 e. The van der Waals surface area contributed by atoms with Crippen LogP contribution in [0.1, 0.15) is 16.1 Å². The van der Waals surface area contributed by atoms with Crippen molar-refractivity contribution in [3.63, 3.8) is 0 Å². The Bertz CT molecular complexity index is 630. The van der Waals surface area contributed by atoms with Crippen molar-refractivity contribution in [2.24, 2.45) is 0 Å². The molecule has 20 heavy (non-hydrogen) atoms. The summed E-state index contributed by atoms with van der Waals surface area (Å²) < 4.78 is 9.35. The van der Waals surface area contributed by atoms with Crippen LogP contribution in [0.5, 0.6) is 0 Å². The molecule has 1 heterocycles. The number of nitrogens with zero attached hydrogens (tertiary/aromatic N) is 1. The Morgan fingerprint density at radius 2 is 2.05 bits per heavy atom. The highest BCUT2D eigenvalue weighted by Gasteiger charge is 2.20. The molecule has 0 spiro atoms. The predicted molar refractivity (Wildman–Crippen MR) is 82.0 cm³/mol. The number of rotatable bonds is 4. The number of halogens is 1. The lowest BCUT2D eigenvalue weighted by Gasteiger charge is -2.06. The molecule has 8 heteroatoms. The smallest absolute Gasteiger partial charge is 0.412 e. The second-order valence-corrected chi connectivity index (χ2v) is 6.26. The summed E-state index contributed by atoms with van der Waals surface area (Å²) in [5.41, 5.74) is 0.830. The molecule has 1 aromatic carbocycles. The first-order valence-electron chi connectivity index (χ1n) is 5.44. The van der Waals surface area contributed by atoms with Crippen molar-refractivity contribution in [2.45, 2.75) is 6.61 Å². The number of carboxylic acids is 1. The monoisotopic (exact) mass is 404 g/mol. The van der Waals surface area contributed by atoms with Gasteiger partial charge < -0.3 is 9.84 Å². The minimum absolute atomic E-state index is 0.114. The molecule has 0 aliphatic carbocycles. The van der Waals surface area contributed by atoms with Gasteiger partial charge in [0.2, 0.25) is 0 Å². The van der Waals surface area contributed by atoms with Crippen molar-refractivity contribution in [3.05, 3.63) is 44.5 Å². The van der Waals surface area contributed by atoms with E-state index in [-0.39, 0.29) is 18.0 Å². The Morgan fingerprint density at radius 1 is 1.35 bits per heavy atom. The van der Waals surface area contributed by atoms with Crippen molar-refractivity contribution in [3.8, 4) is 0 Å². The lowest BCUT2D eigenvalue weighted by Crippen LogP contribution is -2.16. The van der Waals surface area contributed by atoms with Gasteiger partial charge in [0.05, 0.1) is 0 Å². The largest absolute Gasteiger partial charge is 0.476 e. The first-order chi connectivity index (χ1) is 9.58. The van der Waals surface area contributed by atoms with Crippen molar-refractivity contribution in [2.75, 3.05) is 5.32 Å². The highest BCUT2D eigenvalue weighted by atomic mass is 127. The zero-order valence-corrected chi connectivity index (χ0v) is 13.0. The number of aromatic carboxylic acids is 1. The molecule has 0 aliphatic heterocycles. The van der Waals surface area contributed by atoms with Crippen LogP contribution in [-0.2, 0) is 11.3 Å². The van der Waals surface area contributed by atoms with E-state index in [4.69, 9.17) is 9.84 Å². The number of aromatic nitrogens is 1. The molecule has 0 unspecified atom stereocenters. The van der Waals surface area contributed by atoms with Gasteiger partial charge in [0.15, 0.2) is 5.69 Å². The van der Waals surface area contributed by atoms with Gasteiger partial charge in [0, 0.05) is 0 Å². The molecule has 0 bridgehead atoms. The summed E-state index contributed by atoms with van der Waals surface area (Å²) in [6.07, 6.45) is -0.713. The predicted octanol–water partition coefficient (Wildman–Crippen LogP) is 3.19. The third-order valence-corrected chi connectivity index (χ3v) is 4.06. The maximum atomic E-state index is 11.7. The third kappa shape index (κ3) is 3.67. The molecule has 6 nitrogen and oxygen atoms in total. The van der Waals surface area contributed by atoms with Gasteiger partial charge in [0.1, 0.15) is 15.2 Å². The molecule has 2 aromatic rings. The van der Waals surface area contributed by atoms with Crippen molar-refractivity contribution < 1.29 is 19.4 Å². The van der Waals surface area contributed by atoms with Crippen LogP contribution < -0.4 is 5.32 Å². The summed E-state index contributed by atoms with van der Waals surface area (Å²) in [4.78, 5) is 22.6. The average Bonchev–Trinajstić information content (AvgIpc) is 2.79. The van der Waals surface area contributed by atoms with E-state index in [0.29, 0.717) is 2.88 Å². The van der Waals surface area contributed by atoms with Crippen LogP contribution in [-0.4, -0.2) is 21.5 Å². The zero-order chi connectivity index (χ0) is 14.5. The number of anilines is 1. The van der Waals surface area contributed by atoms with Gasteiger partial charge in [-0.15, -0.1) is 0 Å². The lowest BCUT2D eigenvalue weighted by molar-refractivity contribution is 0.0693. The minimum Gasteiger partial charge on any atom is -0.476 e. The van der Waals surface area contributed by atoms with Crippen LogP contribution in [0.25, 0.3) is 0 Å². The van der Waals surface area contributed by atoms with Crippen LogP contribution in [0.15, 0.2) is 30.3 Å². The Balaban J connectivity index is 1.98. The summed E-state index contributed by atoms with van der Waals surface area (Å²) in [5, 5.41) is 11.4. The Kier molecular flexibility index (Phi) is 4.90. The van der Waals surface area contributed by atoms with Crippen LogP contribution >= 0.6 is 34.1 Å². The van der Waals surface area contributed by atoms with E-state index in [1.165, 1.54) is 0 Å². The van der Waals surface area contributed by atoms with E-state index < -0.39 is 12.1 Å². The number of hydrogen-bond acceptors (Lipinski definition) is 5. The highest BCUT2D eigenvalue weighted by molar-refractivity contribution is 14.1. The zero-order valence-electron chi connectivity index (χ0n) is 10.00. The van der Waals surface area contributed by atoms with Gasteiger partial charge in [-0.05, 0) is 39.7 Å². The SMILES string of the molecule is O=C(Nc1c(C(=O)O)nsc1I)OCc1ccccc1. The van der Waals surface area contributed by atoms with Crippen molar-refractivity contribution >= 4 is 51.9 Å². The third-order valence-electron chi connectivity index (χ3n) is 2.29. The highest BCUT2D eigenvalue weighted by Crippen LogP contribution is 2.26. The van der Waals surface area contributed by atoms with Crippen molar-refractivity contribution in [1.29, 1.82) is 0 Å². The molecule has 1 amide bonds. The van der Waals surface area contributed by atoms with Crippen LogP contribution in [0.2, 0.25) is 0 Å². The summed E-state index contributed by atoms with van der Waals surface area (Å²) >= 11 is 2.91. The Morgan fingerprint density at radius 3 is 2.70 bits per heavy atom. The Hall–Kier alpha value is -1.68. The molecule has 1 aromatic heterocycles. The lowest BCUT2D eigenvalue weighted by atomic mass is 10.2. The summed E-state index contributed by atoms with van der Waals surface area (Å²) in [7, 11) is 0. The normalized spacial score (nSPS) is 10.1. The fourth-order valence-corrected chi connectivity index (χ4v) is 2.65. The average molecular weight is 404 g/mol. The maximum absolute atomic E-state index is 11.7. The van der Waals surface area contributed by atoms with Gasteiger partial charge >= 0.3 is 12.1 Å². The van der Waals surface area contributed by atoms with E-state index in [2.05, 4.69) is 9.69 Å². The minimum atomic E-state index is -1.19. The van der Waals surface area contributed by atoms with Crippen LogP contribution in [0.4, 0.5) is 10.5 Å². The molecule has 2 rings (SSSR count). The number of benzene rings is 1. The van der Waals surface area contributed by atoms with Gasteiger partial charge in [-0.25, -0.2) is 9.59 Å². The van der Waals surface area contributed by atoms with Crippen molar-refractivity contribution in [1.82, 2.24) is 4.37 Å². The van der Waals surface area contributed by atoms with E-state index >= 15 is 0 Å².